The molecule has 5 aromatic rings. The summed E-state index contributed by atoms with van der Waals surface area (Å²) in [6.07, 6.45) is 0.350. The van der Waals surface area contributed by atoms with Gasteiger partial charge in [-0.1, -0.05) is 72.8 Å². The van der Waals surface area contributed by atoms with E-state index in [2.05, 4.69) is 44.9 Å². The average molecular weight is 494 g/mol. The van der Waals surface area contributed by atoms with Gasteiger partial charge in [0.15, 0.2) is 11.5 Å². The maximum Gasteiger partial charge on any atom is 0.231 e. The molecular formula is C29H27N5O3. The Hall–Kier alpha value is -4.72. The van der Waals surface area contributed by atoms with Crippen LogP contribution in [0.5, 0.6) is 11.6 Å². The van der Waals surface area contributed by atoms with Crippen molar-refractivity contribution in [1.82, 2.24) is 25.1 Å². The monoisotopic (exact) mass is 493 g/mol. The Bertz CT molecular complexity index is 1430. The van der Waals surface area contributed by atoms with Crippen LogP contribution in [-0.4, -0.2) is 46.0 Å². The number of carbonyl (C=O) groups excluding carboxylic acids is 1. The number of fused-ring (bicyclic) bond motifs is 1. The van der Waals surface area contributed by atoms with Gasteiger partial charge in [-0.25, -0.2) is 0 Å². The summed E-state index contributed by atoms with van der Waals surface area (Å²) in [5, 5.41) is 15.9. The van der Waals surface area contributed by atoms with Crippen LogP contribution in [0.4, 0.5) is 0 Å². The molecule has 0 unspecified atom stereocenters. The number of benzene rings is 3. The topological polar surface area (TPSA) is 90.6 Å². The minimum Gasteiger partial charge on any atom is -0.497 e. The second-order valence-electron chi connectivity index (χ2n) is 8.47. The number of hydrogen-bond donors (Lipinski definition) is 1. The van der Waals surface area contributed by atoms with Crippen LogP contribution in [0.25, 0.3) is 17.0 Å². The van der Waals surface area contributed by atoms with Crippen molar-refractivity contribution in [2.75, 3.05) is 20.3 Å². The second kappa shape index (κ2) is 11.3. The fourth-order valence-corrected chi connectivity index (χ4v) is 4.19. The van der Waals surface area contributed by atoms with Crippen molar-refractivity contribution in [3.05, 3.63) is 108 Å². The van der Waals surface area contributed by atoms with Crippen LogP contribution in [0, 0.1) is 0 Å². The highest BCUT2D eigenvalue weighted by atomic mass is 16.5. The van der Waals surface area contributed by atoms with Crippen LogP contribution in [0.15, 0.2) is 97.1 Å². The van der Waals surface area contributed by atoms with E-state index in [1.165, 1.54) is 0 Å². The average Bonchev–Trinajstić information content (AvgIpc) is 3.38. The summed E-state index contributed by atoms with van der Waals surface area (Å²) in [6, 6.07) is 31.2. The first-order valence-electron chi connectivity index (χ1n) is 12.1. The van der Waals surface area contributed by atoms with Gasteiger partial charge in [0.05, 0.1) is 13.7 Å². The molecule has 0 atom stereocenters. The van der Waals surface area contributed by atoms with Gasteiger partial charge in [-0.3, -0.25) is 4.79 Å². The van der Waals surface area contributed by atoms with Gasteiger partial charge < -0.3 is 14.8 Å². The first-order valence-corrected chi connectivity index (χ1v) is 12.1. The van der Waals surface area contributed by atoms with E-state index >= 15 is 0 Å². The highest BCUT2D eigenvalue weighted by Crippen LogP contribution is 2.28. The molecule has 0 bridgehead atoms. The number of carbonyl (C=O) groups is 1. The highest BCUT2D eigenvalue weighted by molar-refractivity contribution is 5.77. The lowest BCUT2D eigenvalue weighted by molar-refractivity contribution is -0.121. The van der Waals surface area contributed by atoms with Crippen molar-refractivity contribution in [2.45, 2.75) is 12.3 Å². The molecule has 0 aliphatic rings. The number of methoxy groups -OCH3 is 1. The van der Waals surface area contributed by atoms with Gasteiger partial charge in [-0.2, -0.15) is 4.52 Å². The molecular weight excluding hydrogens is 466 g/mol. The van der Waals surface area contributed by atoms with E-state index < -0.39 is 0 Å². The summed E-state index contributed by atoms with van der Waals surface area (Å²) < 4.78 is 12.8. The first kappa shape index (κ1) is 24.0. The molecule has 0 fully saturated rings. The van der Waals surface area contributed by atoms with Crippen LogP contribution in [0.1, 0.15) is 23.5 Å². The van der Waals surface area contributed by atoms with Gasteiger partial charge >= 0.3 is 0 Å². The fourth-order valence-electron chi connectivity index (χ4n) is 4.19. The predicted molar refractivity (Wildman–Crippen MR) is 141 cm³/mol. The normalized spacial score (nSPS) is 11.0. The third-order valence-electron chi connectivity index (χ3n) is 6.03. The number of amides is 1. The van der Waals surface area contributed by atoms with Crippen molar-refractivity contribution in [3.63, 3.8) is 0 Å². The summed E-state index contributed by atoms with van der Waals surface area (Å²) in [6.45, 7) is 0.641. The highest BCUT2D eigenvalue weighted by Gasteiger charge is 2.18. The SMILES string of the molecule is COc1cccc(-c2nnc3ccc(OCCNC(=O)CC(c4ccccc4)c4ccccc4)nn23)c1. The summed E-state index contributed by atoms with van der Waals surface area (Å²) in [7, 11) is 1.62. The van der Waals surface area contributed by atoms with Crippen molar-refractivity contribution in [1.29, 1.82) is 0 Å². The molecule has 0 radical (unpaired) electrons. The van der Waals surface area contributed by atoms with Gasteiger partial charge in [0.2, 0.25) is 11.8 Å². The number of hydrogen-bond acceptors (Lipinski definition) is 6. The van der Waals surface area contributed by atoms with Gasteiger partial charge in [0.25, 0.3) is 0 Å². The minimum absolute atomic E-state index is 0.0174. The van der Waals surface area contributed by atoms with E-state index in [1.807, 2.05) is 60.7 Å². The minimum atomic E-state index is -0.0381. The summed E-state index contributed by atoms with van der Waals surface area (Å²) in [5.74, 6) is 1.66. The molecule has 3 aromatic carbocycles. The number of nitrogens with zero attached hydrogens (tertiary/aromatic N) is 4. The van der Waals surface area contributed by atoms with Crippen LogP contribution >= 0.6 is 0 Å². The molecule has 2 aromatic heterocycles. The zero-order valence-corrected chi connectivity index (χ0v) is 20.4. The third-order valence-corrected chi connectivity index (χ3v) is 6.03. The lowest BCUT2D eigenvalue weighted by atomic mass is 9.88. The molecule has 5 rings (SSSR count). The van der Waals surface area contributed by atoms with Crippen molar-refractivity contribution in [2.24, 2.45) is 0 Å². The summed E-state index contributed by atoms with van der Waals surface area (Å²) in [4.78, 5) is 12.8. The molecule has 186 valence electrons. The smallest absolute Gasteiger partial charge is 0.231 e. The second-order valence-corrected chi connectivity index (χ2v) is 8.47. The number of nitrogens with one attached hydrogen (secondary N) is 1. The molecule has 8 heteroatoms. The Balaban J connectivity index is 1.20. The van der Waals surface area contributed by atoms with Gasteiger partial charge in [-0.15, -0.1) is 15.3 Å². The zero-order chi connectivity index (χ0) is 25.5. The molecule has 0 aliphatic heterocycles. The summed E-state index contributed by atoms with van der Waals surface area (Å²) in [5.41, 5.74) is 3.65. The first-order chi connectivity index (χ1) is 18.2. The molecule has 0 spiro atoms. The molecule has 0 saturated carbocycles. The fraction of sp³-hybridized carbons (Fsp3) is 0.172. The molecule has 8 nitrogen and oxygen atoms in total. The Labute approximate surface area is 214 Å². The molecule has 0 saturated heterocycles. The van der Waals surface area contributed by atoms with Crippen LogP contribution in [-0.2, 0) is 4.79 Å². The lowest BCUT2D eigenvalue weighted by Gasteiger charge is -2.18. The molecule has 1 amide bonds. The maximum absolute atomic E-state index is 12.8. The van der Waals surface area contributed by atoms with Crippen molar-refractivity contribution < 1.29 is 14.3 Å². The molecule has 0 aliphatic carbocycles. The van der Waals surface area contributed by atoms with E-state index in [0.29, 0.717) is 30.3 Å². The van der Waals surface area contributed by atoms with E-state index in [9.17, 15) is 4.79 Å². The van der Waals surface area contributed by atoms with E-state index in [0.717, 1.165) is 22.4 Å². The number of ether oxygens (including phenoxy) is 2. The van der Waals surface area contributed by atoms with Crippen molar-refractivity contribution >= 4 is 11.6 Å². The molecule has 37 heavy (non-hydrogen) atoms. The van der Waals surface area contributed by atoms with Crippen LogP contribution in [0.3, 0.4) is 0 Å². The molecule has 2 heterocycles. The van der Waals surface area contributed by atoms with E-state index in [-0.39, 0.29) is 18.4 Å². The standard InChI is InChI=1S/C29H27N5O3/c1-36-24-14-8-13-23(19-24)29-32-31-26-15-16-28(33-34(26)29)37-18-17-30-27(35)20-25(21-9-4-2-5-10-21)22-11-6-3-7-12-22/h2-16,19,25H,17-18,20H2,1H3,(H,30,35). The summed E-state index contributed by atoms with van der Waals surface area (Å²) >= 11 is 0. The Morgan fingerprint density at radius 3 is 2.32 bits per heavy atom. The van der Waals surface area contributed by atoms with Gasteiger partial charge in [-0.05, 0) is 29.3 Å². The Morgan fingerprint density at radius 2 is 1.62 bits per heavy atom. The molecule has 1 N–H and O–H groups in total. The van der Waals surface area contributed by atoms with Crippen molar-refractivity contribution in [3.8, 4) is 23.0 Å². The number of rotatable bonds is 10. The predicted octanol–water partition coefficient (Wildman–Crippen LogP) is 4.52. The van der Waals surface area contributed by atoms with Crippen LogP contribution in [0.2, 0.25) is 0 Å². The van der Waals surface area contributed by atoms with Crippen LogP contribution < -0.4 is 14.8 Å². The van der Waals surface area contributed by atoms with E-state index in [4.69, 9.17) is 9.47 Å². The quantitative estimate of drug-likeness (QED) is 0.288. The third kappa shape index (κ3) is 5.75. The van der Waals surface area contributed by atoms with Gasteiger partial charge in [0.1, 0.15) is 12.4 Å². The Morgan fingerprint density at radius 1 is 0.892 bits per heavy atom. The zero-order valence-electron chi connectivity index (χ0n) is 20.4. The lowest BCUT2D eigenvalue weighted by Crippen LogP contribution is -2.29. The number of aromatic nitrogens is 4. The van der Waals surface area contributed by atoms with E-state index in [1.54, 1.807) is 23.8 Å². The largest absolute Gasteiger partial charge is 0.497 e. The van der Waals surface area contributed by atoms with Gasteiger partial charge in [0, 0.05) is 24.0 Å². The Kier molecular flexibility index (Phi) is 7.36. The maximum atomic E-state index is 12.8.